The lowest BCUT2D eigenvalue weighted by molar-refractivity contribution is -0.141. The van der Waals surface area contributed by atoms with Gasteiger partial charge in [-0.05, 0) is 40.0 Å². The lowest BCUT2D eigenvalue weighted by Crippen LogP contribution is -2.65. The molecule has 5 nitrogen and oxygen atoms in total. The maximum Gasteiger partial charge on any atom is 0.248 e. The monoisotopic (exact) mass is 255 g/mol. The van der Waals surface area contributed by atoms with E-state index in [0.717, 1.165) is 45.6 Å². The first-order chi connectivity index (χ1) is 8.57. The highest BCUT2D eigenvalue weighted by Gasteiger charge is 2.42. The summed E-state index contributed by atoms with van der Waals surface area (Å²) in [6.45, 7) is 5.11. The van der Waals surface area contributed by atoms with Gasteiger partial charge in [0.1, 0.15) is 6.61 Å². The van der Waals surface area contributed by atoms with Crippen LogP contribution in [0.15, 0.2) is 0 Å². The van der Waals surface area contributed by atoms with E-state index in [4.69, 9.17) is 4.74 Å². The van der Waals surface area contributed by atoms with Gasteiger partial charge in [0.05, 0.1) is 0 Å². The first kappa shape index (κ1) is 13.8. The zero-order valence-electron chi connectivity index (χ0n) is 11.8. The molecule has 2 fully saturated rings. The van der Waals surface area contributed by atoms with Gasteiger partial charge in [0, 0.05) is 32.3 Å². The van der Waals surface area contributed by atoms with Gasteiger partial charge in [0.2, 0.25) is 5.91 Å². The largest absolute Gasteiger partial charge is 0.375 e. The molecule has 0 bridgehead atoms. The number of hydrogen-bond donors (Lipinski definition) is 0. The lowest BCUT2D eigenvalue weighted by Gasteiger charge is -2.52. The van der Waals surface area contributed by atoms with E-state index in [1.54, 1.807) is 7.11 Å². The van der Waals surface area contributed by atoms with Crippen molar-refractivity contribution in [1.82, 2.24) is 14.7 Å². The van der Waals surface area contributed by atoms with Gasteiger partial charge in [-0.15, -0.1) is 0 Å². The van der Waals surface area contributed by atoms with Gasteiger partial charge >= 0.3 is 0 Å². The number of rotatable bonds is 2. The third-order valence-corrected chi connectivity index (χ3v) is 4.54. The molecule has 0 radical (unpaired) electrons. The first-order valence-electron chi connectivity index (χ1n) is 6.74. The van der Waals surface area contributed by atoms with Crippen molar-refractivity contribution in [3.05, 3.63) is 0 Å². The Balaban J connectivity index is 2.02. The molecule has 2 rings (SSSR count). The molecule has 0 unspecified atom stereocenters. The second-order valence-electron chi connectivity index (χ2n) is 5.70. The van der Waals surface area contributed by atoms with Crippen LogP contribution in [0.2, 0.25) is 0 Å². The van der Waals surface area contributed by atoms with Crippen molar-refractivity contribution >= 4 is 5.91 Å². The second kappa shape index (κ2) is 5.55. The Bertz CT molecular complexity index is 301. The maximum absolute atomic E-state index is 12.0. The smallest absolute Gasteiger partial charge is 0.248 e. The van der Waals surface area contributed by atoms with Gasteiger partial charge in [0.25, 0.3) is 0 Å². The van der Waals surface area contributed by atoms with E-state index in [2.05, 4.69) is 23.9 Å². The van der Waals surface area contributed by atoms with E-state index in [-0.39, 0.29) is 18.1 Å². The molecular formula is C13H25N3O2. The van der Waals surface area contributed by atoms with Gasteiger partial charge in [0.15, 0.2) is 0 Å². The van der Waals surface area contributed by atoms with Crippen LogP contribution < -0.4 is 0 Å². The van der Waals surface area contributed by atoms with E-state index < -0.39 is 0 Å². The Morgan fingerprint density at radius 1 is 1.17 bits per heavy atom. The van der Waals surface area contributed by atoms with Crippen molar-refractivity contribution in [2.45, 2.75) is 18.4 Å². The molecule has 0 aromatic carbocycles. The number of amides is 1. The van der Waals surface area contributed by atoms with Crippen LogP contribution >= 0.6 is 0 Å². The average Bonchev–Trinajstić information content (AvgIpc) is 2.36. The Kier molecular flexibility index (Phi) is 4.25. The van der Waals surface area contributed by atoms with E-state index in [0.29, 0.717) is 0 Å². The number of ether oxygens (including phenoxy) is 1. The van der Waals surface area contributed by atoms with Crippen LogP contribution in [0.5, 0.6) is 0 Å². The number of methoxy groups -OCH3 is 1. The summed E-state index contributed by atoms with van der Waals surface area (Å²) in [6.07, 6.45) is 2.30. The molecule has 0 N–H and O–H groups in total. The summed E-state index contributed by atoms with van der Waals surface area (Å²) in [5, 5.41) is 0. The summed E-state index contributed by atoms with van der Waals surface area (Å²) in [5.74, 6) is 0.129. The molecule has 104 valence electrons. The van der Waals surface area contributed by atoms with Gasteiger partial charge in [-0.25, -0.2) is 0 Å². The molecule has 2 aliphatic rings. The van der Waals surface area contributed by atoms with Crippen molar-refractivity contribution in [3.8, 4) is 0 Å². The van der Waals surface area contributed by atoms with E-state index in [1.807, 2.05) is 4.90 Å². The topological polar surface area (TPSA) is 36.0 Å². The van der Waals surface area contributed by atoms with Crippen LogP contribution in [0.3, 0.4) is 0 Å². The van der Waals surface area contributed by atoms with Gasteiger partial charge in [-0.2, -0.15) is 0 Å². The zero-order chi connectivity index (χ0) is 13.2. The SMILES string of the molecule is COCC(=O)N1CCN(C)C2(CCN(C)CC2)C1. The molecule has 0 aliphatic carbocycles. The highest BCUT2D eigenvalue weighted by molar-refractivity contribution is 5.77. The third-order valence-electron chi connectivity index (χ3n) is 4.54. The van der Waals surface area contributed by atoms with E-state index in [9.17, 15) is 4.79 Å². The van der Waals surface area contributed by atoms with Crippen LogP contribution in [0, 0.1) is 0 Å². The number of piperidine rings is 1. The predicted octanol–water partition coefficient (Wildman–Crippen LogP) is -0.129. The molecule has 1 amide bonds. The minimum Gasteiger partial charge on any atom is -0.375 e. The highest BCUT2D eigenvalue weighted by Crippen LogP contribution is 2.31. The first-order valence-corrected chi connectivity index (χ1v) is 6.74. The van der Waals surface area contributed by atoms with Gasteiger partial charge in [-0.1, -0.05) is 0 Å². The summed E-state index contributed by atoms with van der Waals surface area (Å²) in [4.78, 5) is 18.8. The Morgan fingerprint density at radius 2 is 1.83 bits per heavy atom. The second-order valence-corrected chi connectivity index (χ2v) is 5.70. The quantitative estimate of drug-likeness (QED) is 0.689. The molecule has 2 heterocycles. The number of nitrogens with zero attached hydrogens (tertiary/aromatic N) is 3. The van der Waals surface area contributed by atoms with Crippen molar-refractivity contribution in [3.63, 3.8) is 0 Å². The minimum atomic E-state index is 0.129. The summed E-state index contributed by atoms with van der Waals surface area (Å²) >= 11 is 0. The van der Waals surface area contributed by atoms with Crippen molar-refractivity contribution in [2.24, 2.45) is 0 Å². The summed E-state index contributed by atoms with van der Waals surface area (Å²) in [5.41, 5.74) is 0.189. The van der Waals surface area contributed by atoms with Crippen LogP contribution in [0.25, 0.3) is 0 Å². The third kappa shape index (κ3) is 2.68. The van der Waals surface area contributed by atoms with Gasteiger partial charge < -0.3 is 14.5 Å². The Morgan fingerprint density at radius 3 is 2.44 bits per heavy atom. The number of hydrogen-bond acceptors (Lipinski definition) is 4. The standard InChI is InChI=1S/C13H25N3O2/c1-14-6-4-13(5-7-14)11-16(9-8-15(13)2)12(17)10-18-3/h4-11H2,1-3H3. The van der Waals surface area contributed by atoms with Crippen molar-refractivity contribution < 1.29 is 9.53 Å². The molecule has 0 atom stereocenters. The highest BCUT2D eigenvalue weighted by atomic mass is 16.5. The molecule has 5 heteroatoms. The average molecular weight is 255 g/mol. The summed E-state index contributed by atoms with van der Waals surface area (Å²) in [6, 6.07) is 0. The molecule has 0 aromatic rings. The molecule has 0 aromatic heterocycles. The normalized spacial score (nSPS) is 25.6. The summed E-state index contributed by atoms with van der Waals surface area (Å²) in [7, 11) is 5.95. The maximum atomic E-state index is 12.0. The van der Waals surface area contributed by atoms with Crippen LogP contribution in [0.4, 0.5) is 0 Å². The minimum absolute atomic E-state index is 0.129. The molecule has 2 aliphatic heterocycles. The fourth-order valence-electron chi connectivity index (χ4n) is 3.07. The molecule has 2 saturated heterocycles. The zero-order valence-corrected chi connectivity index (χ0v) is 11.8. The fraction of sp³-hybridized carbons (Fsp3) is 0.923. The number of likely N-dealkylation sites (tertiary alicyclic amines) is 1. The number of likely N-dealkylation sites (N-methyl/N-ethyl adjacent to an activating group) is 1. The molecule has 18 heavy (non-hydrogen) atoms. The van der Waals surface area contributed by atoms with Crippen LogP contribution in [0.1, 0.15) is 12.8 Å². The Labute approximate surface area is 110 Å². The fourth-order valence-corrected chi connectivity index (χ4v) is 3.07. The predicted molar refractivity (Wildman–Crippen MR) is 70.5 cm³/mol. The van der Waals surface area contributed by atoms with E-state index >= 15 is 0 Å². The molecule has 1 spiro atoms. The van der Waals surface area contributed by atoms with Crippen LogP contribution in [-0.4, -0.2) is 86.7 Å². The molecular weight excluding hydrogens is 230 g/mol. The number of carbonyl (C=O) groups is 1. The summed E-state index contributed by atoms with van der Waals surface area (Å²) < 4.78 is 4.96. The van der Waals surface area contributed by atoms with Crippen molar-refractivity contribution in [1.29, 1.82) is 0 Å². The lowest BCUT2D eigenvalue weighted by atomic mass is 9.84. The molecule has 0 saturated carbocycles. The number of piperazine rings is 1. The van der Waals surface area contributed by atoms with Gasteiger partial charge in [-0.3, -0.25) is 9.69 Å². The van der Waals surface area contributed by atoms with Crippen LogP contribution in [-0.2, 0) is 9.53 Å². The Hall–Kier alpha value is -0.650. The van der Waals surface area contributed by atoms with E-state index in [1.165, 1.54) is 0 Å². The van der Waals surface area contributed by atoms with Crippen molar-refractivity contribution in [2.75, 3.05) is 60.5 Å². The number of carbonyl (C=O) groups excluding carboxylic acids is 1.